The van der Waals surface area contributed by atoms with Crippen LogP contribution in [0.25, 0.3) is 11.4 Å². The first-order chi connectivity index (χ1) is 31.6. The summed E-state index contributed by atoms with van der Waals surface area (Å²) < 4.78 is 24.9. The van der Waals surface area contributed by atoms with E-state index < -0.39 is 11.5 Å². The maximum absolute atomic E-state index is 13.2. The van der Waals surface area contributed by atoms with Crippen molar-refractivity contribution in [2.24, 2.45) is 11.8 Å². The molecule has 3 atom stereocenters. The average Bonchev–Trinajstić information content (AvgIpc) is 3.61. The van der Waals surface area contributed by atoms with Crippen molar-refractivity contribution in [1.82, 2.24) is 15.0 Å². The zero-order valence-electron chi connectivity index (χ0n) is 37.4. The lowest BCUT2D eigenvalue weighted by Crippen LogP contribution is -2.53. The number of rotatable bonds is 16. The molecule has 2 N–H and O–H groups in total. The second-order valence-corrected chi connectivity index (χ2v) is 18.7. The molecular formula is C54H57ClN4O6. The molecule has 3 aliphatic rings. The minimum atomic E-state index is -1.11. The summed E-state index contributed by atoms with van der Waals surface area (Å²) >= 11 is 6.35. The number of benzene rings is 4. The molecule has 3 aliphatic carbocycles. The van der Waals surface area contributed by atoms with E-state index in [1.54, 1.807) is 25.4 Å². The number of methoxy groups -OCH3 is 1. The summed E-state index contributed by atoms with van der Waals surface area (Å²) in [7, 11) is 1.64. The van der Waals surface area contributed by atoms with Gasteiger partial charge in [-0.05, 0) is 164 Å². The molecule has 0 bridgehead atoms. The molecule has 6 aromatic rings. The predicted molar refractivity (Wildman–Crippen MR) is 253 cm³/mol. The Morgan fingerprint density at radius 1 is 0.862 bits per heavy atom. The third kappa shape index (κ3) is 9.50. The summed E-state index contributed by atoms with van der Waals surface area (Å²) in [4.78, 5) is 27.1. The lowest BCUT2D eigenvalue weighted by Gasteiger charge is -2.47. The highest BCUT2D eigenvalue weighted by Gasteiger charge is 2.54. The molecule has 1 saturated carbocycles. The number of aryl methyl sites for hydroxylation is 1. The van der Waals surface area contributed by atoms with E-state index >= 15 is 0 Å². The minimum Gasteiger partial charge on any atom is -0.496 e. The smallest absolute Gasteiger partial charge is 0.329 e. The number of carbonyl (C=O) groups is 1. The molecule has 9 rings (SSSR count). The lowest BCUT2D eigenvalue weighted by atomic mass is 9.59. The van der Waals surface area contributed by atoms with Crippen molar-refractivity contribution in [3.63, 3.8) is 0 Å². The van der Waals surface area contributed by atoms with Gasteiger partial charge in [-0.25, -0.2) is 14.8 Å². The largest absolute Gasteiger partial charge is 0.496 e. The zero-order chi connectivity index (χ0) is 45.0. The monoisotopic (exact) mass is 892 g/mol. The highest BCUT2D eigenvalue weighted by Crippen LogP contribution is 2.57. The van der Waals surface area contributed by atoms with Gasteiger partial charge in [0.05, 0.1) is 25.0 Å². The molecule has 10 nitrogen and oxygen atoms in total. The fourth-order valence-electron chi connectivity index (χ4n) is 10.7. The number of pyridine rings is 1. The highest BCUT2D eigenvalue weighted by molar-refractivity contribution is 6.30. The second-order valence-electron chi connectivity index (χ2n) is 18.3. The summed E-state index contributed by atoms with van der Waals surface area (Å²) in [6, 6.07) is 33.4. The molecule has 0 radical (unpaired) electrons. The Hall–Kier alpha value is -6.13. The summed E-state index contributed by atoms with van der Waals surface area (Å²) in [5, 5.41) is 14.8. The lowest BCUT2D eigenvalue weighted by molar-refractivity contribution is -0.144. The van der Waals surface area contributed by atoms with Crippen molar-refractivity contribution in [2.75, 3.05) is 19.0 Å². The molecule has 11 heteroatoms. The first-order valence-electron chi connectivity index (χ1n) is 22.9. The van der Waals surface area contributed by atoms with E-state index in [1.807, 2.05) is 79.0 Å². The van der Waals surface area contributed by atoms with E-state index in [-0.39, 0.29) is 17.9 Å². The van der Waals surface area contributed by atoms with Gasteiger partial charge >= 0.3 is 5.97 Å². The molecule has 65 heavy (non-hydrogen) atoms. The Morgan fingerprint density at radius 3 is 2.49 bits per heavy atom. The molecule has 2 aromatic heterocycles. The van der Waals surface area contributed by atoms with Crippen LogP contribution in [0, 0.1) is 11.8 Å². The van der Waals surface area contributed by atoms with Crippen LogP contribution in [0.5, 0.6) is 23.0 Å². The third-order valence-corrected chi connectivity index (χ3v) is 14.3. The summed E-state index contributed by atoms with van der Waals surface area (Å²) in [6.07, 6.45) is 11.2. The van der Waals surface area contributed by atoms with Crippen LogP contribution in [0.1, 0.15) is 98.4 Å². The molecule has 336 valence electrons. The molecule has 4 aromatic carbocycles. The van der Waals surface area contributed by atoms with E-state index in [2.05, 4.69) is 42.3 Å². The van der Waals surface area contributed by atoms with Crippen molar-refractivity contribution in [2.45, 2.75) is 102 Å². The SMILES string of the molecule is COc1ccccc1-c1nccc(COc2cccc(COc3ccc4c(c3)C3(CCC(Nc5cccc(Cl)c5)(C(=O)O)CC3)C(C[C@@H](C)COc3ccnc5c3[C@H](C)CCC5)C4)c2)n1. The third-order valence-electron chi connectivity index (χ3n) is 14.0. The van der Waals surface area contributed by atoms with Gasteiger partial charge in [0.15, 0.2) is 5.82 Å². The number of hydrogen-bond acceptors (Lipinski definition) is 9. The van der Waals surface area contributed by atoms with Gasteiger partial charge in [-0.2, -0.15) is 0 Å². The predicted octanol–water partition coefficient (Wildman–Crippen LogP) is 11.8. The van der Waals surface area contributed by atoms with Gasteiger partial charge < -0.3 is 29.4 Å². The van der Waals surface area contributed by atoms with Crippen molar-refractivity contribution >= 4 is 23.3 Å². The Kier molecular flexibility index (Phi) is 13.0. The number of nitrogens with one attached hydrogen (secondary N) is 1. The van der Waals surface area contributed by atoms with E-state index in [1.165, 1.54) is 22.4 Å². The fourth-order valence-corrected chi connectivity index (χ4v) is 10.8. The topological polar surface area (TPSA) is 125 Å². The number of aromatic nitrogens is 3. The number of para-hydroxylation sites is 1. The number of carboxylic acid groups (broad SMARTS) is 1. The first kappa shape index (κ1) is 44.1. The Bertz CT molecular complexity index is 2650. The van der Waals surface area contributed by atoms with Gasteiger partial charge in [-0.15, -0.1) is 0 Å². The number of hydrogen-bond donors (Lipinski definition) is 2. The number of fused-ring (bicyclic) bond motifs is 3. The van der Waals surface area contributed by atoms with Crippen molar-refractivity contribution in [1.29, 1.82) is 0 Å². The van der Waals surface area contributed by atoms with E-state index in [4.69, 9.17) is 40.5 Å². The van der Waals surface area contributed by atoms with Crippen LogP contribution in [0.2, 0.25) is 5.02 Å². The number of aliphatic carboxylic acids is 1. The summed E-state index contributed by atoms with van der Waals surface area (Å²) in [5.74, 6) is 3.95. The van der Waals surface area contributed by atoms with Gasteiger partial charge in [0.25, 0.3) is 0 Å². The van der Waals surface area contributed by atoms with Gasteiger partial charge in [0.1, 0.15) is 41.8 Å². The van der Waals surface area contributed by atoms with Crippen LogP contribution in [0.4, 0.5) is 5.69 Å². The normalized spacial score (nSPS) is 21.5. The van der Waals surface area contributed by atoms with Crippen molar-refractivity contribution in [3.8, 4) is 34.4 Å². The van der Waals surface area contributed by atoms with Gasteiger partial charge in [-0.3, -0.25) is 4.98 Å². The zero-order valence-corrected chi connectivity index (χ0v) is 38.2. The standard InChI is InChI=1S/C54H57ClN4O6/c1-35(32-65-49-20-26-56-47-15-6-9-36(2)50(47)49)27-39-29-38-17-18-44(31-46(38)53(39)21-23-54(24-22-53,52(60)61)59-41-12-8-11-40(55)30-41)63-33-37-10-7-13-43(28-37)64-34-42-19-25-57-51(58-42)45-14-4-5-16-48(45)62-3/h4-5,7-8,10-14,16-20,25-26,28,30-31,35-36,39,59H,6,9,15,21-24,27,29,32-34H2,1-3H3,(H,60,61)/t35-,36-,39?,53?,54?/m1/s1. The van der Waals surface area contributed by atoms with Crippen LogP contribution < -0.4 is 24.3 Å². The highest BCUT2D eigenvalue weighted by atomic mass is 35.5. The van der Waals surface area contributed by atoms with E-state index in [9.17, 15) is 9.90 Å². The van der Waals surface area contributed by atoms with Crippen molar-refractivity contribution < 1.29 is 28.8 Å². The summed E-state index contributed by atoms with van der Waals surface area (Å²) in [6.45, 7) is 5.81. The van der Waals surface area contributed by atoms with Crippen LogP contribution >= 0.6 is 11.6 Å². The van der Waals surface area contributed by atoms with Crippen LogP contribution in [0.15, 0.2) is 116 Å². The second kappa shape index (κ2) is 19.1. The molecule has 1 spiro atoms. The summed E-state index contributed by atoms with van der Waals surface area (Å²) in [5.41, 5.74) is 6.97. The number of halogens is 1. The maximum Gasteiger partial charge on any atom is 0.329 e. The van der Waals surface area contributed by atoms with Gasteiger partial charge in [0.2, 0.25) is 0 Å². The number of nitrogens with zero attached hydrogens (tertiary/aromatic N) is 3. The molecule has 0 aliphatic heterocycles. The number of carboxylic acids is 1. The van der Waals surface area contributed by atoms with E-state index in [0.29, 0.717) is 60.2 Å². The molecule has 0 saturated heterocycles. The minimum absolute atomic E-state index is 0.220. The van der Waals surface area contributed by atoms with Gasteiger partial charge in [-0.1, -0.05) is 61.8 Å². The van der Waals surface area contributed by atoms with Crippen molar-refractivity contribution in [3.05, 3.63) is 154 Å². The molecule has 1 unspecified atom stereocenters. The molecule has 1 fully saturated rings. The Labute approximate surface area is 386 Å². The Morgan fingerprint density at radius 2 is 1.66 bits per heavy atom. The fraction of sp³-hybridized carbons (Fsp3) is 0.370. The molecule has 2 heterocycles. The van der Waals surface area contributed by atoms with Crippen LogP contribution in [-0.4, -0.2) is 45.3 Å². The number of ether oxygens (including phenoxy) is 4. The maximum atomic E-state index is 13.2. The average molecular weight is 894 g/mol. The molecule has 0 amide bonds. The van der Waals surface area contributed by atoms with E-state index in [0.717, 1.165) is 79.0 Å². The molecular weight excluding hydrogens is 836 g/mol. The van der Waals surface area contributed by atoms with Crippen LogP contribution in [-0.2, 0) is 36.3 Å². The number of anilines is 1. The van der Waals surface area contributed by atoms with Gasteiger partial charge in [0, 0.05) is 34.4 Å². The first-order valence-corrected chi connectivity index (χ1v) is 23.3. The quantitative estimate of drug-likeness (QED) is 0.0970. The Balaban J connectivity index is 0.910. The van der Waals surface area contributed by atoms with Crippen LogP contribution in [0.3, 0.4) is 0 Å².